The summed E-state index contributed by atoms with van der Waals surface area (Å²) in [4.78, 5) is 2.44. The van der Waals surface area contributed by atoms with Gasteiger partial charge in [-0.3, -0.25) is 4.90 Å². The van der Waals surface area contributed by atoms with Crippen LogP contribution in [0.1, 0.15) is 12.8 Å². The standard InChI is InChI=1S/C11H22N2O2/c12-3-4-13-5-8-15-10-11(9-13)1-6-14-7-2-11/h1-10,12H2. The van der Waals surface area contributed by atoms with Crippen LogP contribution >= 0.6 is 0 Å². The highest BCUT2D eigenvalue weighted by atomic mass is 16.5. The highest BCUT2D eigenvalue weighted by Gasteiger charge is 2.36. The molecule has 0 atom stereocenters. The van der Waals surface area contributed by atoms with Gasteiger partial charge >= 0.3 is 0 Å². The summed E-state index contributed by atoms with van der Waals surface area (Å²) in [5.74, 6) is 0. The summed E-state index contributed by atoms with van der Waals surface area (Å²) in [5, 5.41) is 0. The first-order chi connectivity index (χ1) is 7.35. The van der Waals surface area contributed by atoms with Gasteiger partial charge in [0.1, 0.15) is 0 Å². The van der Waals surface area contributed by atoms with E-state index in [1.165, 1.54) is 0 Å². The first-order valence-electron chi connectivity index (χ1n) is 5.93. The maximum absolute atomic E-state index is 5.73. The average molecular weight is 214 g/mol. The fourth-order valence-corrected chi connectivity index (χ4v) is 2.56. The summed E-state index contributed by atoms with van der Waals surface area (Å²) >= 11 is 0. The molecule has 0 aromatic heterocycles. The molecule has 0 bridgehead atoms. The monoisotopic (exact) mass is 214 g/mol. The molecule has 0 saturated carbocycles. The largest absolute Gasteiger partial charge is 0.381 e. The van der Waals surface area contributed by atoms with E-state index in [4.69, 9.17) is 15.2 Å². The molecule has 2 saturated heterocycles. The highest BCUT2D eigenvalue weighted by molar-refractivity contribution is 4.86. The summed E-state index contributed by atoms with van der Waals surface area (Å²) in [7, 11) is 0. The van der Waals surface area contributed by atoms with Crippen molar-refractivity contribution in [3.63, 3.8) is 0 Å². The molecule has 15 heavy (non-hydrogen) atoms. The number of hydrogen-bond donors (Lipinski definition) is 1. The van der Waals surface area contributed by atoms with Gasteiger partial charge < -0.3 is 15.2 Å². The first-order valence-corrected chi connectivity index (χ1v) is 5.93. The summed E-state index contributed by atoms with van der Waals surface area (Å²) in [6.07, 6.45) is 2.27. The summed E-state index contributed by atoms with van der Waals surface area (Å²) < 4.78 is 11.2. The van der Waals surface area contributed by atoms with Gasteiger partial charge in [-0.2, -0.15) is 0 Å². The molecule has 0 aromatic rings. The van der Waals surface area contributed by atoms with E-state index in [0.717, 1.165) is 65.4 Å². The van der Waals surface area contributed by atoms with Gasteiger partial charge in [0, 0.05) is 44.8 Å². The second-order valence-corrected chi connectivity index (χ2v) is 4.73. The molecule has 4 nitrogen and oxygen atoms in total. The first kappa shape index (κ1) is 11.3. The molecule has 2 heterocycles. The Balaban J connectivity index is 1.96. The lowest BCUT2D eigenvalue weighted by Crippen LogP contribution is -2.43. The van der Waals surface area contributed by atoms with Crippen molar-refractivity contribution in [1.29, 1.82) is 0 Å². The van der Waals surface area contributed by atoms with E-state index in [0.29, 0.717) is 5.41 Å². The number of nitrogens with two attached hydrogens (primary N) is 1. The lowest BCUT2D eigenvalue weighted by molar-refractivity contribution is -0.0313. The molecule has 0 aromatic carbocycles. The molecular formula is C11H22N2O2. The third kappa shape index (κ3) is 2.91. The van der Waals surface area contributed by atoms with Crippen molar-refractivity contribution in [2.75, 3.05) is 52.6 Å². The summed E-state index contributed by atoms with van der Waals surface area (Å²) in [6, 6.07) is 0. The average Bonchev–Trinajstić information content (AvgIpc) is 2.43. The molecule has 1 spiro atoms. The third-order valence-electron chi connectivity index (χ3n) is 3.52. The minimum absolute atomic E-state index is 0.337. The van der Waals surface area contributed by atoms with Gasteiger partial charge in [-0.1, -0.05) is 0 Å². The van der Waals surface area contributed by atoms with Crippen LogP contribution in [0.5, 0.6) is 0 Å². The molecule has 0 aliphatic carbocycles. The quantitative estimate of drug-likeness (QED) is 0.707. The molecule has 0 unspecified atom stereocenters. The lowest BCUT2D eigenvalue weighted by atomic mass is 9.80. The van der Waals surface area contributed by atoms with Crippen LogP contribution in [0.2, 0.25) is 0 Å². The third-order valence-corrected chi connectivity index (χ3v) is 3.52. The molecular weight excluding hydrogens is 192 g/mol. The second kappa shape index (κ2) is 5.25. The van der Waals surface area contributed by atoms with Crippen LogP contribution < -0.4 is 5.73 Å². The van der Waals surface area contributed by atoms with Crippen molar-refractivity contribution in [3.05, 3.63) is 0 Å². The number of rotatable bonds is 2. The van der Waals surface area contributed by atoms with E-state index < -0.39 is 0 Å². The Kier molecular flexibility index (Phi) is 3.97. The van der Waals surface area contributed by atoms with E-state index in [9.17, 15) is 0 Å². The molecule has 2 aliphatic rings. The normalized spacial score (nSPS) is 27.8. The lowest BCUT2D eigenvalue weighted by Gasteiger charge is -2.38. The molecule has 2 N–H and O–H groups in total. The molecule has 4 heteroatoms. The van der Waals surface area contributed by atoms with Crippen LogP contribution in [0, 0.1) is 5.41 Å². The van der Waals surface area contributed by atoms with Crippen molar-refractivity contribution >= 4 is 0 Å². The topological polar surface area (TPSA) is 47.7 Å². The smallest absolute Gasteiger partial charge is 0.0593 e. The highest BCUT2D eigenvalue weighted by Crippen LogP contribution is 2.33. The van der Waals surface area contributed by atoms with Crippen molar-refractivity contribution in [1.82, 2.24) is 4.90 Å². The minimum atomic E-state index is 0.337. The van der Waals surface area contributed by atoms with Crippen LogP contribution in [0.25, 0.3) is 0 Å². The van der Waals surface area contributed by atoms with E-state index >= 15 is 0 Å². The number of nitrogens with zero attached hydrogens (tertiary/aromatic N) is 1. The van der Waals surface area contributed by atoms with E-state index in [-0.39, 0.29) is 0 Å². The second-order valence-electron chi connectivity index (χ2n) is 4.73. The Hall–Kier alpha value is -0.160. The fraction of sp³-hybridized carbons (Fsp3) is 1.00. The molecule has 0 amide bonds. The Labute approximate surface area is 91.7 Å². The Morgan fingerprint density at radius 1 is 1.13 bits per heavy atom. The number of hydrogen-bond acceptors (Lipinski definition) is 4. The molecule has 0 radical (unpaired) electrons. The van der Waals surface area contributed by atoms with Gasteiger partial charge in [0.25, 0.3) is 0 Å². The van der Waals surface area contributed by atoms with Crippen molar-refractivity contribution in [2.24, 2.45) is 11.1 Å². The van der Waals surface area contributed by atoms with Gasteiger partial charge in [0.05, 0.1) is 13.2 Å². The summed E-state index contributed by atoms with van der Waals surface area (Å²) in [6.45, 7) is 7.42. The predicted octanol–water partition coefficient (Wildman–Crippen LogP) is 0.0741. The van der Waals surface area contributed by atoms with Crippen LogP contribution in [0.15, 0.2) is 0 Å². The Morgan fingerprint density at radius 3 is 2.67 bits per heavy atom. The summed E-state index contributed by atoms with van der Waals surface area (Å²) in [5.41, 5.74) is 5.96. The van der Waals surface area contributed by atoms with Crippen LogP contribution in [-0.2, 0) is 9.47 Å². The molecule has 2 aliphatic heterocycles. The van der Waals surface area contributed by atoms with Crippen molar-refractivity contribution < 1.29 is 9.47 Å². The fourth-order valence-electron chi connectivity index (χ4n) is 2.56. The number of ether oxygens (including phenoxy) is 2. The van der Waals surface area contributed by atoms with Gasteiger partial charge in [-0.25, -0.2) is 0 Å². The predicted molar refractivity (Wildman–Crippen MR) is 58.8 cm³/mol. The minimum Gasteiger partial charge on any atom is -0.381 e. The van der Waals surface area contributed by atoms with Crippen molar-refractivity contribution in [3.8, 4) is 0 Å². The molecule has 88 valence electrons. The zero-order valence-corrected chi connectivity index (χ0v) is 9.41. The van der Waals surface area contributed by atoms with Gasteiger partial charge in [0.2, 0.25) is 0 Å². The van der Waals surface area contributed by atoms with Gasteiger partial charge in [-0.15, -0.1) is 0 Å². The van der Waals surface area contributed by atoms with E-state index in [1.54, 1.807) is 0 Å². The Morgan fingerprint density at radius 2 is 1.93 bits per heavy atom. The maximum atomic E-state index is 5.73. The molecule has 2 rings (SSSR count). The van der Waals surface area contributed by atoms with Crippen LogP contribution in [0.4, 0.5) is 0 Å². The zero-order valence-electron chi connectivity index (χ0n) is 9.41. The van der Waals surface area contributed by atoms with Gasteiger partial charge in [0.15, 0.2) is 0 Å². The maximum Gasteiger partial charge on any atom is 0.0593 e. The van der Waals surface area contributed by atoms with Crippen LogP contribution in [0.3, 0.4) is 0 Å². The van der Waals surface area contributed by atoms with Gasteiger partial charge in [-0.05, 0) is 12.8 Å². The zero-order chi connectivity index (χ0) is 10.6. The van der Waals surface area contributed by atoms with Crippen LogP contribution in [-0.4, -0.2) is 57.5 Å². The van der Waals surface area contributed by atoms with Crippen molar-refractivity contribution in [2.45, 2.75) is 12.8 Å². The van der Waals surface area contributed by atoms with E-state index in [2.05, 4.69) is 4.90 Å². The Bertz CT molecular complexity index is 193. The SMILES string of the molecule is NCCN1CCOCC2(CCOCC2)C1. The van der Waals surface area contributed by atoms with E-state index in [1.807, 2.05) is 0 Å². The molecule has 2 fully saturated rings.